The van der Waals surface area contributed by atoms with Crippen LogP contribution in [0.15, 0.2) is 30.3 Å². The predicted octanol–water partition coefficient (Wildman–Crippen LogP) is 2.14. The summed E-state index contributed by atoms with van der Waals surface area (Å²) in [5, 5.41) is 3.30. The first kappa shape index (κ1) is 15.0. The van der Waals surface area contributed by atoms with Crippen molar-refractivity contribution < 1.29 is 14.3 Å². The second-order valence-electron chi connectivity index (χ2n) is 5.33. The van der Waals surface area contributed by atoms with Crippen LogP contribution >= 0.6 is 0 Å². The number of rotatable bonds is 6. The maximum Gasteiger partial charge on any atom is 0.312 e. The van der Waals surface area contributed by atoms with Crippen molar-refractivity contribution in [3.8, 4) is 0 Å². The number of nitrogens with one attached hydrogen (secondary N) is 1. The third kappa shape index (κ3) is 3.81. The van der Waals surface area contributed by atoms with Crippen LogP contribution in [0.1, 0.15) is 24.8 Å². The van der Waals surface area contributed by atoms with Gasteiger partial charge in [0.15, 0.2) is 0 Å². The summed E-state index contributed by atoms with van der Waals surface area (Å²) in [4.78, 5) is 12.5. The molecule has 20 heavy (non-hydrogen) atoms. The normalized spacial score (nSPS) is 17.6. The van der Waals surface area contributed by atoms with Crippen LogP contribution in [-0.2, 0) is 20.9 Å². The van der Waals surface area contributed by atoms with Gasteiger partial charge in [-0.05, 0) is 37.9 Å². The minimum absolute atomic E-state index is 0.0834. The van der Waals surface area contributed by atoms with Crippen LogP contribution in [0.2, 0.25) is 0 Å². The Morgan fingerprint density at radius 2 is 1.95 bits per heavy atom. The summed E-state index contributed by atoms with van der Waals surface area (Å²) in [7, 11) is 1.67. The van der Waals surface area contributed by atoms with Gasteiger partial charge < -0.3 is 14.8 Å². The molecule has 1 heterocycles. The standard InChI is InChI=1S/C16H23NO3/c1-19-12-9-16(7-10-17-11-8-16)15(18)20-13-14-5-3-2-4-6-14/h2-6,17H,7-13H2,1H3. The van der Waals surface area contributed by atoms with Gasteiger partial charge in [0.25, 0.3) is 0 Å². The lowest BCUT2D eigenvalue weighted by molar-refractivity contribution is -0.160. The molecule has 2 rings (SSSR count). The average Bonchev–Trinajstić information content (AvgIpc) is 2.52. The smallest absolute Gasteiger partial charge is 0.312 e. The Balaban J connectivity index is 1.95. The van der Waals surface area contributed by atoms with Gasteiger partial charge in [-0.2, -0.15) is 0 Å². The molecule has 0 atom stereocenters. The molecule has 1 aromatic carbocycles. The van der Waals surface area contributed by atoms with Crippen molar-refractivity contribution in [1.82, 2.24) is 5.32 Å². The Labute approximate surface area is 120 Å². The fraction of sp³-hybridized carbons (Fsp3) is 0.562. The van der Waals surface area contributed by atoms with E-state index in [1.807, 2.05) is 30.3 Å². The molecule has 0 spiro atoms. The molecule has 1 aliphatic heterocycles. The summed E-state index contributed by atoms with van der Waals surface area (Å²) >= 11 is 0. The van der Waals surface area contributed by atoms with E-state index in [1.54, 1.807) is 7.11 Å². The molecule has 0 amide bonds. The molecule has 1 aromatic rings. The Kier molecular flexibility index (Phi) is 5.56. The zero-order valence-electron chi connectivity index (χ0n) is 12.1. The predicted molar refractivity (Wildman–Crippen MR) is 77.3 cm³/mol. The van der Waals surface area contributed by atoms with Crippen LogP contribution in [-0.4, -0.2) is 32.8 Å². The fourth-order valence-corrected chi connectivity index (χ4v) is 2.64. The van der Waals surface area contributed by atoms with Crippen LogP contribution in [0.3, 0.4) is 0 Å². The number of ether oxygens (including phenoxy) is 2. The fourth-order valence-electron chi connectivity index (χ4n) is 2.64. The molecule has 0 aromatic heterocycles. The van der Waals surface area contributed by atoms with Gasteiger partial charge in [0.2, 0.25) is 0 Å². The molecular weight excluding hydrogens is 254 g/mol. The minimum Gasteiger partial charge on any atom is -0.460 e. The Bertz CT molecular complexity index is 413. The molecular formula is C16H23NO3. The summed E-state index contributed by atoms with van der Waals surface area (Å²) in [6.45, 7) is 2.68. The number of benzene rings is 1. The number of carbonyl (C=O) groups excluding carboxylic acids is 1. The second kappa shape index (κ2) is 7.41. The molecule has 0 bridgehead atoms. The van der Waals surface area contributed by atoms with Gasteiger partial charge in [0.05, 0.1) is 5.41 Å². The highest BCUT2D eigenvalue weighted by Crippen LogP contribution is 2.34. The second-order valence-corrected chi connectivity index (χ2v) is 5.33. The lowest BCUT2D eigenvalue weighted by Gasteiger charge is -2.35. The van der Waals surface area contributed by atoms with Crippen LogP contribution < -0.4 is 5.32 Å². The van der Waals surface area contributed by atoms with Gasteiger partial charge in [0.1, 0.15) is 6.61 Å². The van der Waals surface area contributed by atoms with Crippen molar-refractivity contribution >= 4 is 5.97 Å². The Hall–Kier alpha value is -1.39. The zero-order chi connectivity index (χ0) is 14.3. The van der Waals surface area contributed by atoms with Crippen LogP contribution in [0.25, 0.3) is 0 Å². The van der Waals surface area contributed by atoms with Crippen LogP contribution in [0.5, 0.6) is 0 Å². The van der Waals surface area contributed by atoms with Gasteiger partial charge in [-0.1, -0.05) is 30.3 Å². The van der Waals surface area contributed by atoms with E-state index in [4.69, 9.17) is 9.47 Å². The minimum atomic E-state index is -0.379. The summed E-state index contributed by atoms with van der Waals surface area (Å²) in [6, 6.07) is 9.80. The lowest BCUT2D eigenvalue weighted by atomic mass is 9.76. The molecule has 4 heteroatoms. The largest absolute Gasteiger partial charge is 0.460 e. The number of hydrogen-bond acceptors (Lipinski definition) is 4. The van der Waals surface area contributed by atoms with E-state index in [0.29, 0.717) is 13.2 Å². The van der Waals surface area contributed by atoms with Gasteiger partial charge in [0, 0.05) is 13.7 Å². The molecule has 1 aliphatic rings. The average molecular weight is 277 g/mol. The van der Waals surface area contributed by atoms with Gasteiger partial charge in [-0.15, -0.1) is 0 Å². The van der Waals surface area contributed by atoms with E-state index >= 15 is 0 Å². The number of piperidine rings is 1. The molecule has 0 unspecified atom stereocenters. The number of esters is 1. The first-order valence-electron chi connectivity index (χ1n) is 7.18. The maximum atomic E-state index is 12.5. The highest BCUT2D eigenvalue weighted by Gasteiger charge is 2.40. The van der Waals surface area contributed by atoms with E-state index in [9.17, 15) is 4.79 Å². The molecule has 0 radical (unpaired) electrons. The number of methoxy groups -OCH3 is 1. The van der Waals surface area contributed by atoms with Crippen LogP contribution in [0, 0.1) is 5.41 Å². The van der Waals surface area contributed by atoms with E-state index in [2.05, 4.69) is 5.32 Å². The number of hydrogen-bond donors (Lipinski definition) is 1. The topological polar surface area (TPSA) is 47.6 Å². The van der Waals surface area contributed by atoms with E-state index in [1.165, 1.54) is 0 Å². The lowest BCUT2D eigenvalue weighted by Crippen LogP contribution is -2.43. The summed E-state index contributed by atoms with van der Waals surface area (Å²) in [6.07, 6.45) is 2.38. The van der Waals surface area contributed by atoms with Crippen molar-refractivity contribution in [1.29, 1.82) is 0 Å². The first-order valence-corrected chi connectivity index (χ1v) is 7.18. The monoisotopic (exact) mass is 277 g/mol. The van der Waals surface area contributed by atoms with Crippen molar-refractivity contribution in [2.45, 2.75) is 25.9 Å². The zero-order valence-corrected chi connectivity index (χ0v) is 12.1. The van der Waals surface area contributed by atoms with Crippen molar-refractivity contribution in [3.05, 3.63) is 35.9 Å². The molecule has 1 saturated heterocycles. The Morgan fingerprint density at radius 1 is 1.25 bits per heavy atom. The number of carbonyl (C=O) groups is 1. The maximum absolute atomic E-state index is 12.5. The van der Waals surface area contributed by atoms with Gasteiger partial charge in [-0.3, -0.25) is 4.79 Å². The van der Waals surface area contributed by atoms with Gasteiger partial charge >= 0.3 is 5.97 Å². The van der Waals surface area contributed by atoms with Crippen molar-refractivity contribution in [2.75, 3.05) is 26.8 Å². The third-order valence-electron chi connectivity index (χ3n) is 3.99. The van der Waals surface area contributed by atoms with Gasteiger partial charge in [-0.25, -0.2) is 0 Å². The summed E-state index contributed by atoms with van der Waals surface area (Å²) in [5.41, 5.74) is 0.646. The van der Waals surface area contributed by atoms with E-state index in [0.717, 1.165) is 37.9 Å². The first-order chi connectivity index (χ1) is 9.77. The highest BCUT2D eigenvalue weighted by molar-refractivity contribution is 5.77. The molecule has 110 valence electrons. The quantitative estimate of drug-likeness (QED) is 0.809. The molecule has 1 fully saturated rings. The molecule has 0 saturated carbocycles. The molecule has 0 aliphatic carbocycles. The van der Waals surface area contributed by atoms with Crippen molar-refractivity contribution in [2.24, 2.45) is 5.41 Å². The molecule has 4 nitrogen and oxygen atoms in total. The third-order valence-corrected chi connectivity index (χ3v) is 3.99. The summed E-state index contributed by atoms with van der Waals surface area (Å²) < 4.78 is 10.7. The highest BCUT2D eigenvalue weighted by atomic mass is 16.5. The van der Waals surface area contributed by atoms with E-state index < -0.39 is 0 Å². The SMILES string of the molecule is COCCC1(C(=O)OCc2ccccc2)CCNCC1. The van der Waals surface area contributed by atoms with Crippen LogP contribution in [0.4, 0.5) is 0 Å². The summed E-state index contributed by atoms with van der Waals surface area (Å²) in [5.74, 6) is -0.0834. The van der Waals surface area contributed by atoms with Crippen molar-refractivity contribution in [3.63, 3.8) is 0 Å². The van der Waals surface area contributed by atoms with E-state index in [-0.39, 0.29) is 11.4 Å². The Morgan fingerprint density at radius 3 is 2.60 bits per heavy atom. The molecule has 1 N–H and O–H groups in total.